The van der Waals surface area contributed by atoms with Crippen LogP contribution in [0.2, 0.25) is 0 Å². The molecule has 0 radical (unpaired) electrons. The number of carboxylic acid groups (broad SMARTS) is 1. The maximum atomic E-state index is 12.7. The smallest absolute Gasteiger partial charge is 0.323 e. The summed E-state index contributed by atoms with van der Waals surface area (Å²) >= 11 is 1.66. The quantitative estimate of drug-likeness (QED) is 0.857. The van der Waals surface area contributed by atoms with Crippen LogP contribution < -0.4 is 5.32 Å². The summed E-state index contributed by atoms with van der Waals surface area (Å²) in [7, 11) is 0. The molecule has 2 unspecified atom stereocenters. The number of nitrogens with one attached hydrogen (secondary N) is 1. The van der Waals surface area contributed by atoms with Gasteiger partial charge in [0.25, 0.3) is 0 Å². The third-order valence-electron chi connectivity index (χ3n) is 5.09. The Balaban J connectivity index is 1.53. The third-order valence-corrected chi connectivity index (χ3v) is 6.60. The second-order valence-corrected chi connectivity index (χ2v) is 8.37. The maximum absolute atomic E-state index is 12.7. The van der Waals surface area contributed by atoms with Gasteiger partial charge in [0.15, 0.2) is 0 Å². The van der Waals surface area contributed by atoms with Gasteiger partial charge in [0, 0.05) is 35.0 Å². The van der Waals surface area contributed by atoms with E-state index < -0.39 is 12.0 Å². The van der Waals surface area contributed by atoms with Crippen molar-refractivity contribution in [2.24, 2.45) is 0 Å². The number of nitrogens with zero attached hydrogens (tertiary/aromatic N) is 2. The molecule has 1 aromatic heterocycles. The van der Waals surface area contributed by atoms with Gasteiger partial charge in [-0.1, -0.05) is 0 Å². The normalized spacial score (nSPS) is 24.9. The number of hydrogen-bond acceptors (Lipinski definition) is 4. The number of benzene rings is 1. The van der Waals surface area contributed by atoms with Crippen LogP contribution in [-0.2, 0) is 20.9 Å². The van der Waals surface area contributed by atoms with E-state index in [-0.39, 0.29) is 23.2 Å². The molecule has 2 N–H and O–H groups in total. The van der Waals surface area contributed by atoms with E-state index in [1.54, 1.807) is 39.6 Å². The van der Waals surface area contributed by atoms with Gasteiger partial charge in [0.05, 0.1) is 4.87 Å². The molecule has 0 saturated carbocycles. The highest BCUT2D eigenvalue weighted by molar-refractivity contribution is 8.01. The molecule has 2 aliphatic heterocycles. The standard InChI is InChI=1S/C18H19N3O4S/c1-18-6-4-15(22)21(18)14(10-26-18)17(25)19-12-2-3-13-11(8-12)5-7-20(13)9-16(23)24/h2-3,5,7-8,14H,4,6,9-10H2,1H3,(H,19,25)(H,23,24). The lowest BCUT2D eigenvalue weighted by molar-refractivity contribution is -0.137. The second kappa shape index (κ2) is 6.05. The van der Waals surface area contributed by atoms with Crippen LogP contribution in [0.4, 0.5) is 5.69 Å². The minimum absolute atomic E-state index is 0.0406. The molecule has 2 atom stereocenters. The summed E-state index contributed by atoms with van der Waals surface area (Å²) in [6.45, 7) is 1.91. The topological polar surface area (TPSA) is 91.6 Å². The van der Waals surface area contributed by atoms with Gasteiger partial charge >= 0.3 is 5.97 Å². The van der Waals surface area contributed by atoms with E-state index in [4.69, 9.17) is 5.11 Å². The Bertz CT molecular complexity index is 924. The van der Waals surface area contributed by atoms with E-state index in [0.29, 0.717) is 17.9 Å². The van der Waals surface area contributed by atoms with E-state index in [9.17, 15) is 14.4 Å². The molecule has 0 aliphatic carbocycles. The number of carbonyl (C=O) groups excluding carboxylic acids is 2. The Hall–Kier alpha value is -2.48. The van der Waals surface area contributed by atoms with Crippen molar-refractivity contribution < 1.29 is 19.5 Å². The number of aromatic nitrogens is 1. The first-order valence-electron chi connectivity index (χ1n) is 8.45. The van der Waals surface area contributed by atoms with Gasteiger partial charge < -0.3 is 19.9 Å². The first kappa shape index (κ1) is 17.0. The zero-order chi connectivity index (χ0) is 18.5. The van der Waals surface area contributed by atoms with Crippen LogP contribution in [0.5, 0.6) is 0 Å². The number of anilines is 1. The van der Waals surface area contributed by atoms with Gasteiger partial charge in [-0.2, -0.15) is 0 Å². The number of aliphatic carboxylic acids is 1. The molecule has 2 aliphatic rings. The number of rotatable bonds is 4. The van der Waals surface area contributed by atoms with Gasteiger partial charge in [-0.3, -0.25) is 14.4 Å². The van der Waals surface area contributed by atoms with Crippen molar-refractivity contribution in [3.05, 3.63) is 30.5 Å². The van der Waals surface area contributed by atoms with E-state index in [1.165, 1.54) is 0 Å². The molecule has 2 saturated heterocycles. The molecule has 3 heterocycles. The first-order chi connectivity index (χ1) is 12.4. The molecule has 2 fully saturated rings. The number of carboxylic acids is 1. The van der Waals surface area contributed by atoms with Gasteiger partial charge in [-0.25, -0.2) is 0 Å². The zero-order valence-electron chi connectivity index (χ0n) is 14.3. The SMILES string of the molecule is CC12CCC(=O)N1C(C(=O)Nc1ccc3c(ccn3CC(=O)O)c1)CS2. The van der Waals surface area contributed by atoms with Gasteiger partial charge in [-0.15, -0.1) is 11.8 Å². The number of thioether (sulfide) groups is 1. The fraction of sp³-hybridized carbons (Fsp3) is 0.389. The van der Waals surface area contributed by atoms with Crippen molar-refractivity contribution in [1.82, 2.24) is 9.47 Å². The van der Waals surface area contributed by atoms with Crippen molar-refractivity contribution in [2.75, 3.05) is 11.1 Å². The molecule has 2 amide bonds. The van der Waals surface area contributed by atoms with Crippen molar-refractivity contribution in [3.63, 3.8) is 0 Å². The minimum Gasteiger partial charge on any atom is -0.480 e. The van der Waals surface area contributed by atoms with Crippen LogP contribution in [-0.4, -0.2) is 49.0 Å². The highest BCUT2D eigenvalue weighted by Crippen LogP contribution is 2.47. The average molecular weight is 373 g/mol. The van der Waals surface area contributed by atoms with Crippen LogP contribution in [0, 0.1) is 0 Å². The van der Waals surface area contributed by atoms with Crippen LogP contribution >= 0.6 is 11.8 Å². The Morgan fingerprint density at radius 2 is 2.19 bits per heavy atom. The summed E-state index contributed by atoms with van der Waals surface area (Å²) in [6.07, 6.45) is 2.99. The monoisotopic (exact) mass is 373 g/mol. The molecular weight excluding hydrogens is 354 g/mol. The summed E-state index contributed by atoms with van der Waals surface area (Å²) < 4.78 is 1.64. The number of hydrogen-bond donors (Lipinski definition) is 2. The Morgan fingerprint density at radius 1 is 1.38 bits per heavy atom. The summed E-state index contributed by atoms with van der Waals surface area (Å²) in [6, 6.07) is 6.74. The van der Waals surface area contributed by atoms with Gasteiger partial charge in [0.2, 0.25) is 11.8 Å². The molecular formula is C18H19N3O4S. The van der Waals surface area contributed by atoms with Gasteiger partial charge in [-0.05, 0) is 37.6 Å². The van der Waals surface area contributed by atoms with E-state index >= 15 is 0 Å². The molecule has 2 aromatic rings. The number of amides is 2. The molecule has 26 heavy (non-hydrogen) atoms. The Morgan fingerprint density at radius 3 is 2.96 bits per heavy atom. The molecule has 0 bridgehead atoms. The first-order valence-corrected chi connectivity index (χ1v) is 9.44. The highest BCUT2D eigenvalue weighted by atomic mass is 32.2. The fourth-order valence-electron chi connectivity index (χ4n) is 3.80. The largest absolute Gasteiger partial charge is 0.480 e. The highest BCUT2D eigenvalue weighted by Gasteiger charge is 2.52. The van der Waals surface area contributed by atoms with Crippen LogP contribution in [0.3, 0.4) is 0 Å². The van der Waals surface area contributed by atoms with Crippen molar-refractivity contribution in [3.8, 4) is 0 Å². The molecule has 136 valence electrons. The zero-order valence-corrected chi connectivity index (χ0v) is 15.1. The summed E-state index contributed by atoms with van der Waals surface area (Å²) in [5.74, 6) is -0.442. The average Bonchev–Trinajstić information content (AvgIpc) is 3.21. The second-order valence-electron chi connectivity index (χ2n) is 6.87. The lowest BCUT2D eigenvalue weighted by Gasteiger charge is -2.29. The predicted octanol–water partition coefficient (Wildman–Crippen LogP) is 2.12. The van der Waals surface area contributed by atoms with Gasteiger partial charge in [0.1, 0.15) is 12.6 Å². The van der Waals surface area contributed by atoms with E-state index in [2.05, 4.69) is 5.32 Å². The molecule has 0 spiro atoms. The lowest BCUT2D eigenvalue weighted by atomic mass is 10.2. The molecule has 4 rings (SSSR count). The lowest BCUT2D eigenvalue weighted by Crippen LogP contribution is -2.48. The summed E-state index contributed by atoms with van der Waals surface area (Å²) in [5, 5.41) is 12.7. The number of carbonyl (C=O) groups is 3. The van der Waals surface area contributed by atoms with Crippen molar-refractivity contribution in [1.29, 1.82) is 0 Å². The third kappa shape index (κ3) is 2.74. The molecule has 7 nitrogen and oxygen atoms in total. The fourth-order valence-corrected chi connectivity index (χ4v) is 5.23. The molecule has 8 heteroatoms. The minimum atomic E-state index is -0.906. The van der Waals surface area contributed by atoms with E-state index in [1.807, 2.05) is 19.1 Å². The van der Waals surface area contributed by atoms with Crippen molar-refractivity contribution in [2.45, 2.75) is 37.2 Å². The maximum Gasteiger partial charge on any atom is 0.323 e. The summed E-state index contributed by atoms with van der Waals surface area (Å²) in [4.78, 5) is 37.3. The number of fused-ring (bicyclic) bond motifs is 2. The van der Waals surface area contributed by atoms with Crippen LogP contribution in [0.15, 0.2) is 30.5 Å². The summed E-state index contributed by atoms with van der Waals surface area (Å²) in [5.41, 5.74) is 1.44. The van der Waals surface area contributed by atoms with Crippen LogP contribution in [0.25, 0.3) is 10.9 Å². The predicted molar refractivity (Wildman–Crippen MR) is 98.9 cm³/mol. The van der Waals surface area contributed by atoms with E-state index in [0.717, 1.165) is 17.3 Å². The van der Waals surface area contributed by atoms with Crippen LogP contribution in [0.1, 0.15) is 19.8 Å². The molecule has 1 aromatic carbocycles. The Kier molecular flexibility index (Phi) is 3.95. The van der Waals surface area contributed by atoms with Crippen molar-refractivity contribution >= 4 is 46.1 Å². The Labute approximate surface area is 154 Å².